The van der Waals surface area contributed by atoms with E-state index in [1.807, 2.05) is 0 Å². The summed E-state index contributed by atoms with van der Waals surface area (Å²) in [4.78, 5) is 1.38. The molecule has 0 saturated carbocycles. The minimum atomic E-state index is -0.410. The normalized spacial score (nSPS) is 14.6. The third-order valence-corrected chi connectivity index (χ3v) is 3.64. The van der Waals surface area contributed by atoms with Crippen LogP contribution in [0.4, 0.5) is 0 Å². The number of hydrogen-bond donors (Lipinski definition) is 2. The fraction of sp³-hybridized carbons (Fsp3) is 0.714. The molecule has 1 heterocycles. The highest BCUT2D eigenvalue weighted by Gasteiger charge is 2.08. The topological polar surface area (TPSA) is 41.5 Å². The first kappa shape index (κ1) is 15.6. The zero-order valence-electron chi connectivity index (χ0n) is 11.4. The Balaban J connectivity index is 2.04. The molecule has 4 heteroatoms. The van der Waals surface area contributed by atoms with Crippen molar-refractivity contribution >= 4 is 11.3 Å². The quantitative estimate of drug-likeness (QED) is 0.642. The van der Waals surface area contributed by atoms with Crippen molar-refractivity contribution in [3.8, 4) is 0 Å². The lowest BCUT2D eigenvalue weighted by molar-refractivity contribution is 0.0348. The summed E-state index contributed by atoms with van der Waals surface area (Å²) in [7, 11) is 0. The van der Waals surface area contributed by atoms with Gasteiger partial charge in [-0.25, -0.2) is 0 Å². The second kappa shape index (κ2) is 9.50. The Labute approximate surface area is 114 Å². The van der Waals surface area contributed by atoms with Crippen molar-refractivity contribution in [2.45, 2.75) is 45.3 Å². The molecule has 1 rings (SSSR count). The van der Waals surface area contributed by atoms with Crippen molar-refractivity contribution in [3.05, 3.63) is 22.4 Å². The second-order valence-corrected chi connectivity index (χ2v) is 5.71. The summed E-state index contributed by atoms with van der Waals surface area (Å²) < 4.78 is 5.39. The Morgan fingerprint density at radius 3 is 3.00 bits per heavy atom. The molecule has 0 bridgehead atoms. The first-order valence-corrected chi connectivity index (χ1v) is 7.62. The molecule has 1 aromatic rings. The van der Waals surface area contributed by atoms with Crippen LogP contribution in [0.5, 0.6) is 0 Å². The first-order valence-electron chi connectivity index (χ1n) is 6.74. The summed E-state index contributed by atoms with van der Waals surface area (Å²) in [6.07, 6.45) is 2.80. The van der Waals surface area contributed by atoms with Gasteiger partial charge in [0.1, 0.15) is 0 Å². The third-order valence-electron chi connectivity index (χ3n) is 2.74. The van der Waals surface area contributed by atoms with Gasteiger partial charge in [-0.05, 0) is 31.2 Å². The number of ether oxygens (including phenoxy) is 1. The SMILES string of the molecule is CCCCOCC(O)CNC(C)Cc1cccs1. The van der Waals surface area contributed by atoms with Crippen molar-refractivity contribution in [2.24, 2.45) is 0 Å². The summed E-state index contributed by atoms with van der Waals surface area (Å²) in [5.41, 5.74) is 0. The minimum Gasteiger partial charge on any atom is -0.389 e. The summed E-state index contributed by atoms with van der Waals surface area (Å²) in [6, 6.07) is 4.60. The predicted molar refractivity (Wildman–Crippen MR) is 77.2 cm³/mol. The molecule has 0 spiro atoms. The molecule has 2 N–H and O–H groups in total. The average Bonchev–Trinajstić information content (AvgIpc) is 2.85. The molecule has 18 heavy (non-hydrogen) atoms. The van der Waals surface area contributed by atoms with Crippen LogP contribution in [-0.4, -0.2) is 37.0 Å². The van der Waals surface area contributed by atoms with Crippen LogP contribution in [0.25, 0.3) is 0 Å². The van der Waals surface area contributed by atoms with Gasteiger partial charge in [-0.15, -0.1) is 11.3 Å². The van der Waals surface area contributed by atoms with E-state index in [1.54, 1.807) is 11.3 Å². The molecular formula is C14H25NO2S. The number of hydrogen-bond acceptors (Lipinski definition) is 4. The number of unbranched alkanes of at least 4 members (excludes halogenated alkanes) is 1. The standard InChI is InChI=1S/C14H25NO2S/c1-3-4-7-17-11-13(16)10-15-12(2)9-14-6-5-8-18-14/h5-6,8,12-13,15-16H,3-4,7,9-11H2,1-2H3. The molecule has 0 amide bonds. The molecule has 104 valence electrons. The van der Waals surface area contributed by atoms with Gasteiger partial charge in [-0.1, -0.05) is 19.4 Å². The summed E-state index contributed by atoms with van der Waals surface area (Å²) in [5, 5.41) is 15.2. The van der Waals surface area contributed by atoms with Gasteiger partial charge in [0.2, 0.25) is 0 Å². The maximum Gasteiger partial charge on any atom is 0.0897 e. The molecule has 1 aromatic heterocycles. The molecule has 2 atom stereocenters. The van der Waals surface area contributed by atoms with Gasteiger partial charge in [-0.3, -0.25) is 0 Å². The van der Waals surface area contributed by atoms with Crippen molar-refractivity contribution in [1.82, 2.24) is 5.32 Å². The Kier molecular flexibility index (Phi) is 8.25. The lowest BCUT2D eigenvalue weighted by Crippen LogP contribution is -2.37. The summed E-state index contributed by atoms with van der Waals surface area (Å²) in [6.45, 7) is 6.05. The highest BCUT2D eigenvalue weighted by Crippen LogP contribution is 2.10. The van der Waals surface area contributed by atoms with Crippen LogP contribution in [0.15, 0.2) is 17.5 Å². The Bertz CT molecular complexity index is 290. The first-order chi connectivity index (χ1) is 8.72. The number of thiophene rings is 1. The molecule has 0 aromatic carbocycles. The van der Waals surface area contributed by atoms with E-state index in [9.17, 15) is 5.11 Å². The van der Waals surface area contributed by atoms with Gasteiger partial charge in [0.05, 0.1) is 12.7 Å². The zero-order valence-corrected chi connectivity index (χ0v) is 12.2. The van der Waals surface area contributed by atoms with Crippen molar-refractivity contribution < 1.29 is 9.84 Å². The van der Waals surface area contributed by atoms with E-state index in [0.29, 0.717) is 19.2 Å². The Hall–Kier alpha value is -0.420. The van der Waals surface area contributed by atoms with Crippen LogP contribution in [-0.2, 0) is 11.2 Å². The smallest absolute Gasteiger partial charge is 0.0897 e. The fourth-order valence-corrected chi connectivity index (χ4v) is 2.50. The average molecular weight is 271 g/mol. The van der Waals surface area contributed by atoms with Crippen LogP contribution >= 0.6 is 11.3 Å². The van der Waals surface area contributed by atoms with Crippen molar-refractivity contribution in [1.29, 1.82) is 0 Å². The van der Waals surface area contributed by atoms with Crippen molar-refractivity contribution in [2.75, 3.05) is 19.8 Å². The predicted octanol–water partition coefficient (Wildman–Crippen LogP) is 2.45. The molecule has 0 fully saturated rings. The van der Waals surface area contributed by atoms with Crippen LogP contribution in [0.2, 0.25) is 0 Å². The van der Waals surface area contributed by atoms with E-state index >= 15 is 0 Å². The van der Waals surface area contributed by atoms with Crippen LogP contribution in [0.3, 0.4) is 0 Å². The van der Waals surface area contributed by atoms with E-state index in [0.717, 1.165) is 25.9 Å². The summed E-state index contributed by atoms with van der Waals surface area (Å²) >= 11 is 1.78. The van der Waals surface area contributed by atoms with E-state index < -0.39 is 6.10 Å². The molecule has 0 aliphatic carbocycles. The van der Waals surface area contributed by atoms with E-state index in [2.05, 4.69) is 36.7 Å². The number of rotatable bonds is 10. The Morgan fingerprint density at radius 1 is 1.50 bits per heavy atom. The third kappa shape index (κ3) is 7.11. The molecule has 0 saturated heterocycles. The molecular weight excluding hydrogens is 246 g/mol. The van der Waals surface area contributed by atoms with Gasteiger partial charge in [0.25, 0.3) is 0 Å². The summed E-state index contributed by atoms with van der Waals surface area (Å²) in [5.74, 6) is 0. The molecule has 3 nitrogen and oxygen atoms in total. The largest absolute Gasteiger partial charge is 0.389 e. The van der Waals surface area contributed by atoms with Gasteiger partial charge in [0, 0.05) is 24.1 Å². The number of nitrogens with one attached hydrogen (secondary N) is 1. The van der Waals surface area contributed by atoms with Crippen LogP contribution < -0.4 is 5.32 Å². The minimum absolute atomic E-state index is 0.383. The maximum atomic E-state index is 9.74. The monoisotopic (exact) mass is 271 g/mol. The second-order valence-electron chi connectivity index (χ2n) is 4.68. The molecule has 0 radical (unpaired) electrons. The van der Waals surface area contributed by atoms with Gasteiger partial charge in [-0.2, -0.15) is 0 Å². The van der Waals surface area contributed by atoms with E-state index in [1.165, 1.54) is 4.88 Å². The van der Waals surface area contributed by atoms with Crippen LogP contribution in [0.1, 0.15) is 31.6 Å². The number of aliphatic hydroxyl groups is 1. The molecule has 0 aliphatic heterocycles. The lowest BCUT2D eigenvalue weighted by Gasteiger charge is -2.16. The highest BCUT2D eigenvalue weighted by molar-refractivity contribution is 7.09. The van der Waals surface area contributed by atoms with Crippen molar-refractivity contribution in [3.63, 3.8) is 0 Å². The zero-order chi connectivity index (χ0) is 13.2. The number of aliphatic hydroxyl groups excluding tert-OH is 1. The fourth-order valence-electron chi connectivity index (χ4n) is 1.66. The maximum absolute atomic E-state index is 9.74. The van der Waals surface area contributed by atoms with Gasteiger partial charge in [0.15, 0.2) is 0 Å². The Morgan fingerprint density at radius 2 is 2.33 bits per heavy atom. The van der Waals surface area contributed by atoms with Gasteiger partial charge >= 0.3 is 0 Å². The van der Waals surface area contributed by atoms with Gasteiger partial charge < -0.3 is 15.2 Å². The van der Waals surface area contributed by atoms with E-state index in [4.69, 9.17) is 4.74 Å². The highest BCUT2D eigenvalue weighted by atomic mass is 32.1. The van der Waals surface area contributed by atoms with E-state index in [-0.39, 0.29) is 0 Å². The molecule has 2 unspecified atom stereocenters. The lowest BCUT2D eigenvalue weighted by atomic mass is 10.2. The molecule has 0 aliphatic rings. The van der Waals surface area contributed by atoms with Crippen LogP contribution in [0, 0.1) is 0 Å².